The van der Waals surface area contributed by atoms with Gasteiger partial charge in [-0.3, -0.25) is 14.5 Å². The van der Waals surface area contributed by atoms with Gasteiger partial charge in [0.25, 0.3) is 11.1 Å². The highest BCUT2D eigenvalue weighted by atomic mass is 79.9. The van der Waals surface area contributed by atoms with Gasteiger partial charge >= 0.3 is 5.97 Å². The molecule has 0 aliphatic carbocycles. The van der Waals surface area contributed by atoms with Gasteiger partial charge in [0.2, 0.25) is 0 Å². The zero-order valence-corrected chi connectivity index (χ0v) is 20.7. The highest BCUT2D eigenvalue weighted by Gasteiger charge is 2.35. The fourth-order valence-electron chi connectivity index (χ4n) is 3.82. The fourth-order valence-corrected chi connectivity index (χ4v) is 5.07. The van der Waals surface area contributed by atoms with Gasteiger partial charge in [-0.2, -0.15) is 0 Å². The Morgan fingerprint density at radius 3 is 2.51 bits per heavy atom. The molecule has 5 nitrogen and oxygen atoms in total. The second kappa shape index (κ2) is 9.90. The van der Waals surface area contributed by atoms with Crippen molar-refractivity contribution in [2.24, 2.45) is 0 Å². The fraction of sp³-hybridized carbons (Fsp3) is 0.0357. The maximum Gasteiger partial charge on any atom is 0.344 e. The molecule has 0 atom stereocenters. The number of ether oxygens (including phenoxy) is 1. The normalized spacial score (nSPS) is 14.7. The minimum absolute atomic E-state index is 0.187. The number of rotatable bonds is 5. The number of imide groups is 1. The first-order valence-electron chi connectivity index (χ1n) is 10.8. The topological polar surface area (TPSA) is 63.7 Å². The van der Waals surface area contributed by atoms with E-state index < -0.39 is 5.97 Å². The van der Waals surface area contributed by atoms with Crippen molar-refractivity contribution < 1.29 is 19.1 Å². The van der Waals surface area contributed by atoms with Crippen molar-refractivity contribution >= 4 is 61.7 Å². The van der Waals surface area contributed by atoms with Crippen molar-refractivity contribution in [3.05, 3.63) is 117 Å². The highest BCUT2D eigenvalue weighted by Crippen LogP contribution is 2.34. The average molecular weight is 544 g/mol. The molecular weight excluding hydrogens is 526 g/mol. The van der Waals surface area contributed by atoms with Gasteiger partial charge in [0.15, 0.2) is 0 Å². The number of carbonyl (C=O) groups is 3. The molecule has 0 N–H and O–H groups in total. The lowest BCUT2D eigenvalue weighted by Gasteiger charge is -2.13. The van der Waals surface area contributed by atoms with Crippen LogP contribution in [0.1, 0.15) is 21.5 Å². The second-order valence-electron chi connectivity index (χ2n) is 7.85. The maximum absolute atomic E-state index is 12.9. The van der Waals surface area contributed by atoms with E-state index in [0.717, 1.165) is 32.6 Å². The molecule has 0 aromatic heterocycles. The molecule has 1 heterocycles. The van der Waals surface area contributed by atoms with Crippen LogP contribution in [-0.2, 0) is 11.3 Å². The first kappa shape index (κ1) is 23.1. The third kappa shape index (κ3) is 4.92. The quantitative estimate of drug-likeness (QED) is 0.153. The molecule has 4 aromatic rings. The van der Waals surface area contributed by atoms with Crippen LogP contribution in [0.25, 0.3) is 16.8 Å². The lowest BCUT2D eigenvalue weighted by molar-refractivity contribution is -0.123. The van der Waals surface area contributed by atoms with Gasteiger partial charge < -0.3 is 4.74 Å². The maximum atomic E-state index is 12.9. The summed E-state index contributed by atoms with van der Waals surface area (Å²) in [6, 6.07) is 27.5. The van der Waals surface area contributed by atoms with Crippen LogP contribution in [0.2, 0.25) is 0 Å². The number of carbonyl (C=O) groups excluding carboxylic acids is 3. The molecule has 7 heteroatoms. The molecular formula is C28H18BrNO4S. The minimum atomic E-state index is -0.465. The molecule has 0 spiro atoms. The molecule has 0 bridgehead atoms. The van der Waals surface area contributed by atoms with E-state index in [2.05, 4.69) is 15.9 Å². The van der Waals surface area contributed by atoms with Crippen molar-refractivity contribution in [2.75, 3.05) is 0 Å². The second-order valence-corrected chi connectivity index (χ2v) is 9.70. The third-order valence-corrected chi connectivity index (χ3v) is 7.22. The number of hydrogen-bond acceptors (Lipinski definition) is 5. The predicted molar refractivity (Wildman–Crippen MR) is 141 cm³/mol. The van der Waals surface area contributed by atoms with E-state index in [4.69, 9.17) is 4.74 Å². The van der Waals surface area contributed by atoms with Crippen molar-refractivity contribution in [1.82, 2.24) is 4.90 Å². The van der Waals surface area contributed by atoms with Crippen LogP contribution in [0.15, 0.2) is 100 Å². The van der Waals surface area contributed by atoms with Crippen LogP contribution >= 0.6 is 27.7 Å². The average Bonchev–Trinajstić information content (AvgIpc) is 3.12. The van der Waals surface area contributed by atoms with E-state index in [1.807, 2.05) is 60.7 Å². The summed E-state index contributed by atoms with van der Waals surface area (Å²) >= 11 is 4.35. The van der Waals surface area contributed by atoms with Crippen LogP contribution in [0.5, 0.6) is 5.75 Å². The number of fused-ring (bicyclic) bond motifs is 1. The Balaban J connectivity index is 1.35. The molecule has 1 aliphatic heterocycles. The van der Waals surface area contributed by atoms with Crippen LogP contribution in [0, 0.1) is 0 Å². The van der Waals surface area contributed by atoms with Crippen LogP contribution in [-0.4, -0.2) is 22.0 Å². The summed E-state index contributed by atoms with van der Waals surface area (Å²) in [5.74, 6) is -0.467. The van der Waals surface area contributed by atoms with Gasteiger partial charge in [0.05, 0.1) is 17.0 Å². The van der Waals surface area contributed by atoms with Crippen molar-refractivity contribution in [2.45, 2.75) is 6.54 Å². The van der Waals surface area contributed by atoms with Gasteiger partial charge in [-0.1, -0.05) is 82.7 Å². The lowest BCUT2D eigenvalue weighted by Crippen LogP contribution is -2.27. The minimum Gasteiger partial charge on any atom is -0.423 e. The molecule has 35 heavy (non-hydrogen) atoms. The first-order valence-corrected chi connectivity index (χ1v) is 12.4. The third-order valence-electron chi connectivity index (χ3n) is 5.54. The van der Waals surface area contributed by atoms with Crippen LogP contribution in [0.3, 0.4) is 0 Å². The summed E-state index contributed by atoms with van der Waals surface area (Å²) in [5, 5.41) is 1.44. The Kier molecular flexibility index (Phi) is 6.53. The van der Waals surface area contributed by atoms with E-state index in [9.17, 15) is 14.4 Å². The number of benzene rings is 4. The molecule has 1 aliphatic rings. The number of halogens is 1. The summed E-state index contributed by atoms with van der Waals surface area (Å²) in [6.07, 6.45) is 1.64. The molecule has 4 aromatic carbocycles. The number of thioether (sulfide) groups is 1. The number of esters is 1. The predicted octanol–water partition coefficient (Wildman–Crippen LogP) is 7.06. The molecule has 1 saturated heterocycles. The standard InChI is InChI=1S/C28H18BrNO4S/c29-24-14-4-2-9-20(24)17-30-26(31)25(35-28(30)33)16-18-7-5-11-21(15-18)34-27(32)23-13-6-10-19-8-1-3-12-22(19)23/h1-16H,17H2/b25-16-. The van der Waals surface area contributed by atoms with E-state index in [-0.39, 0.29) is 17.7 Å². The van der Waals surface area contributed by atoms with Gasteiger partial charge in [0.1, 0.15) is 5.75 Å². The molecule has 5 rings (SSSR count). The smallest absolute Gasteiger partial charge is 0.344 e. The van der Waals surface area contributed by atoms with Gasteiger partial charge in [-0.05, 0) is 64.0 Å². The molecule has 172 valence electrons. The van der Waals surface area contributed by atoms with Crippen LogP contribution in [0.4, 0.5) is 4.79 Å². The number of nitrogens with zero attached hydrogens (tertiary/aromatic N) is 1. The molecule has 0 unspecified atom stereocenters. The van der Waals surface area contributed by atoms with E-state index in [1.165, 1.54) is 4.90 Å². The zero-order valence-electron chi connectivity index (χ0n) is 18.3. The Bertz CT molecular complexity index is 1510. The summed E-state index contributed by atoms with van der Waals surface area (Å²) < 4.78 is 6.47. The van der Waals surface area contributed by atoms with Gasteiger partial charge in [0, 0.05) is 4.47 Å². The SMILES string of the molecule is O=C(Oc1cccc(/C=C2\SC(=O)N(Cc3ccccc3Br)C2=O)c1)c1cccc2ccccc12. The monoisotopic (exact) mass is 543 g/mol. The van der Waals surface area contributed by atoms with Gasteiger partial charge in [-0.15, -0.1) is 0 Å². The van der Waals surface area contributed by atoms with Gasteiger partial charge in [-0.25, -0.2) is 4.79 Å². The van der Waals surface area contributed by atoms with Crippen molar-refractivity contribution in [1.29, 1.82) is 0 Å². The van der Waals surface area contributed by atoms with E-state index in [1.54, 1.807) is 36.4 Å². The summed E-state index contributed by atoms with van der Waals surface area (Å²) in [6.45, 7) is 0.187. The van der Waals surface area contributed by atoms with E-state index in [0.29, 0.717) is 21.8 Å². The summed E-state index contributed by atoms with van der Waals surface area (Å²) in [7, 11) is 0. The lowest BCUT2D eigenvalue weighted by atomic mass is 10.0. The Morgan fingerprint density at radius 1 is 0.914 bits per heavy atom. The van der Waals surface area contributed by atoms with Crippen LogP contribution < -0.4 is 4.74 Å². The Labute approximate surface area is 214 Å². The number of hydrogen-bond donors (Lipinski definition) is 0. The molecule has 2 amide bonds. The highest BCUT2D eigenvalue weighted by molar-refractivity contribution is 9.10. The van der Waals surface area contributed by atoms with Crippen molar-refractivity contribution in [3.63, 3.8) is 0 Å². The summed E-state index contributed by atoms with van der Waals surface area (Å²) in [5.41, 5.74) is 1.97. The molecule has 1 fully saturated rings. The number of amides is 2. The summed E-state index contributed by atoms with van der Waals surface area (Å²) in [4.78, 5) is 39.9. The zero-order chi connectivity index (χ0) is 24.4. The Hall–Kier alpha value is -3.68. The van der Waals surface area contributed by atoms with Crippen molar-refractivity contribution in [3.8, 4) is 5.75 Å². The largest absolute Gasteiger partial charge is 0.423 e. The Morgan fingerprint density at radius 2 is 1.66 bits per heavy atom. The molecule has 0 radical (unpaired) electrons. The van der Waals surface area contributed by atoms with E-state index >= 15 is 0 Å². The molecule has 0 saturated carbocycles. The first-order chi connectivity index (χ1) is 17.0.